The summed E-state index contributed by atoms with van der Waals surface area (Å²) >= 11 is 5.14. The topological polar surface area (TPSA) is 76.4 Å². The SMILES string of the molecule is COc1ccc(NC(=S)Nc2cccc(C(N)=O)c2)cc1F. The first-order valence-corrected chi connectivity index (χ1v) is 6.72. The molecule has 114 valence electrons. The van der Waals surface area contributed by atoms with Crippen molar-refractivity contribution in [1.82, 2.24) is 0 Å². The van der Waals surface area contributed by atoms with Gasteiger partial charge < -0.3 is 21.1 Å². The minimum Gasteiger partial charge on any atom is -0.494 e. The van der Waals surface area contributed by atoms with Crippen LogP contribution in [-0.2, 0) is 0 Å². The van der Waals surface area contributed by atoms with Crippen LogP contribution in [0, 0.1) is 5.82 Å². The molecule has 0 aliphatic heterocycles. The van der Waals surface area contributed by atoms with E-state index >= 15 is 0 Å². The number of rotatable bonds is 4. The zero-order chi connectivity index (χ0) is 16.1. The van der Waals surface area contributed by atoms with Crippen molar-refractivity contribution in [2.75, 3.05) is 17.7 Å². The van der Waals surface area contributed by atoms with Gasteiger partial charge in [-0.3, -0.25) is 4.79 Å². The number of benzene rings is 2. The summed E-state index contributed by atoms with van der Waals surface area (Å²) in [6.45, 7) is 0. The van der Waals surface area contributed by atoms with E-state index in [2.05, 4.69) is 10.6 Å². The lowest BCUT2D eigenvalue weighted by Gasteiger charge is -2.12. The number of ether oxygens (including phenoxy) is 1. The third-order valence-electron chi connectivity index (χ3n) is 2.81. The van der Waals surface area contributed by atoms with E-state index in [1.807, 2.05) is 0 Å². The standard InChI is InChI=1S/C15H14FN3O2S/c1-21-13-6-5-11(8-12(13)16)19-15(22)18-10-4-2-3-9(7-10)14(17)20/h2-8H,1H3,(H2,17,20)(H2,18,19,22). The van der Waals surface area contributed by atoms with Gasteiger partial charge in [-0.05, 0) is 42.5 Å². The number of carbonyl (C=O) groups is 1. The van der Waals surface area contributed by atoms with Crippen LogP contribution in [-0.4, -0.2) is 18.1 Å². The van der Waals surface area contributed by atoms with Gasteiger partial charge in [0.25, 0.3) is 0 Å². The Kier molecular flexibility index (Phi) is 4.90. The molecule has 22 heavy (non-hydrogen) atoms. The van der Waals surface area contributed by atoms with Crippen molar-refractivity contribution in [2.24, 2.45) is 5.73 Å². The van der Waals surface area contributed by atoms with Crippen LogP contribution in [0.25, 0.3) is 0 Å². The van der Waals surface area contributed by atoms with Crippen molar-refractivity contribution in [1.29, 1.82) is 0 Å². The fraction of sp³-hybridized carbons (Fsp3) is 0.0667. The lowest BCUT2D eigenvalue weighted by Crippen LogP contribution is -2.19. The molecule has 2 aromatic rings. The predicted octanol–water partition coefficient (Wildman–Crippen LogP) is 2.74. The van der Waals surface area contributed by atoms with Crippen molar-refractivity contribution in [3.63, 3.8) is 0 Å². The summed E-state index contributed by atoms with van der Waals surface area (Å²) in [5.41, 5.74) is 6.65. The molecule has 1 amide bonds. The first-order chi connectivity index (χ1) is 10.5. The Morgan fingerprint density at radius 1 is 1.18 bits per heavy atom. The van der Waals surface area contributed by atoms with Crippen LogP contribution < -0.4 is 21.1 Å². The summed E-state index contributed by atoms with van der Waals surface area (Å²) < 4.78 is 18.4. The number of amides is 1. The van der Waals surface area contributed by atoms with Crippen LogP contribution in [0.5, 0.6) is 5.75 Å². The zero-order valence-electron chi connectivity index (χ0n) is 11.7. The molecule has 7 heteroatoms. The first kappa shape index (κ1) is 15.7. The zero-order valence-corrected chi connectivity index (χ0v) is 12.5. The number of nitrogens with two attached hydrogens (primary N) is 1. The average Bonchev–Trinajstić information content (AvgIpc) is 2.47. The molecule has 0 radical (unpaired) electrons. The van der Waals surface area contributed by atoms with Crippen LogP contribution in [0.15, 0.2) is 42.5 Å². The monoisotopic (exact) mass is 319 g/mol. The van der Waals surface area contributed by atoms with E-state index in [1.165, 1.54) is 19.2 Å². The molecule has 0 saturated carbocycles. The fourth-order valence-electron chi connectivity index (χ4n) is 1.79. The van der Waals surface area contributed by atoms with E-state index in [1.54, 1.807) is 30.3 Å². The molecule has 0 atom stereocenters. The second-order valence-corrected chi connectivity index (χ2v) is 4.78. The molecule has 2 rings (SSSR count). The minimum absolute atomic E-state index is 0.151. The molecule has 0 aliphatic carbocycles. The van der Waals surface area contributed by atoms with Gasteiger partial charge in [0.05, 0.1) is 7.11 Å². The Morgan fingerprint density at radius 3 is 2.45 bits per heavy atom. The molecular formula is C15H14FN3O2S. The molecule has 0 aromatic heterocycles. The van der Waals surface area contributed by atoms with E-state index in [0.29, 0.717) is 16.9 Å². The van der Waals surface area contributed by atoms with Crippen LogP contribution in [0.1, 0.15) is 10.4 Å². The number of hydrogen-bond acceptors (Lipinski definition) is 3. The third kappa shape index (κ3) is 3.92. The Hall–Kier alpha value is -2.67. The highest BCUT2D eigenvalue weighted by Gasteiger charge is 2.06. The molecule has 0 spiro atoms. The number of carbonyl (C=O) groups excluding carboxylic acids is 1. The van der Waals surface area contributed by atoms with Crippen molar-refractivity contribution < 1.29 is 13.9 Å². The second-order valence-electron chi connectivity index (χ2n) is 4.37. The first-order valence-electron chi connectivity index (χ1n) is 6.31. The molecule has 0 heterocycles. The summed E-state index contributed by atoms with van der Waals surface area (Å²) in [6, 6.07) is 11.0. The lowest BCUT2D eigenvalue weighted by molar-refractivity contribution is 0.100. The number of halogens is 1. The highest BCUT2D eigenvalue weighted by Crippen LogP contribution is 2.21. The van der Waals surface area contributed by atoms with E-state index in [9.17, 15) is 9.18 Å². The third-order valence-corrected chi connectivity index (χ3v) is 3.02. The maximum absolute atomic E-state index is 13.6. The normalized spacial score (nSPS) is 9.91. The molecule has 2 aromatic carbocycles. The average molecular weight is 319 g/mol. The maximum atomic E-state index is 13.6. The highest BCUT2D eigenvalue weighted by molar-refractivity contribution is 7.80. The Balaban J connectivity index is 2.05. The number of methoxy groups -OCH3 is 1. The number of thiocarbonyl (C=S) groups is 1. The summed E-state index contributed by atoms with van der Waals surface area (Å²) in [6.07, 6.45) is 0. The largest absolute Gasteiger partial charge is 0.494 e. The van der Waals surface area contributed by atoms with Gasteiger partial charge in [-0.1, -0.05) is 6.07 Å². The lowest BCUT2D eigenvalue weighted by atomic mass is 10.2. The Morgan fingerprint density at radius 2 is 1.86 bits per heavy atom. The van der Waals surface area contributed by atoms with Crippen LogP contribution >= 0.6 is 12.2 Å². The fourth-order valence-corrected chi connectivity index (χ4v) is 2.02. The molecule has 0 aliphatic rings. The molecule has 0 bridgehead atoms. The van der Waals surface area contributed by atoms with Gasteiger partial charge in [0.15, 0.2) is 16.7 Å². The number of nitrogens with one attached hydrogen (secondary N) is 2. The maximum Gasteiger partial charge on any atom is 0.248 e. The summed E-state index contributed by atoms with van der Waals surface area (Å²) in [4.78, 5) is 11.1. The Labute approximate surface area is 132 Å². The molecule has 0 saturated heterocycles. The number of anilines is 2. The van der Waals surface area contributed by atoms with E-state index < -0.39 is 11.7 Å². The van der Waals surface area contributed by atoms with Gasteiger partial charge in [-0.2, -0.15) is 0 Å². The molecule has 0 unspecified atom stereocenters. The highest BCUT2D eigenvalue weighted by atomic mass is 32.1. The van der Waals surface area contributed by atoms with Crippen LogP contribution in [0.4, 0.5) is 15.8 Å². The van der Waals surface area contributed by atoms with Crippen molar-refractivity contribution in [3.05, 3.63) is 53.8 Å². The quantitative estimate of drug-likeness (QED) is 0.756. The van der Waals surface area contributed by atoms with Crippen molar-refractivity contribution in [2.45, 2.75) is 0 Å². The Bertz CT molecular complexity index is 722. The summed E-state index contributed by atoms with van der Waals surface area (Å²) in [5, 5.41) is 5.99. The number of primary amides is 1. The van der Waals surface area contributed by atoms with Crippen LogP contribution in [0.2, 0.25) is 0 Å². The van der Waals surface area contributed by atoms with Gasteiger partial charge in [0.1, 0.15) is 0 Å². The minimum atomic E-state index is -0.528. The van der Waals surface area contributed by atoms with Crippen molar-refractivity contribution in [3.8, 4) is 5.75 Å². The molecular weight excluding hydrogens is 305 g/mol. The smallest absolute Gasteiger partial charge is 0.248 e. The molecule has 0 fully saturated rings. The van der Waals surface area contributed by atoms with Gasteiger partial charge in [-0.15, -0.1) is 0 Å². The van der Waals surface area contributed by atoms with Gasteiger partial charge in [0, 0.05) is 23.0 Å². The van der Waals surface area contributed by atoms with Gasteiger partial charge in [-0.25, -0.2) is 4.39 Å². The van der Waals surface area contributed by atoms with E-state index in [4.69, 9.17) is 22.7 Å². The van der Waals surface area contributed by atoms with E-state index in [-0.39, 0.29) is 10.9 Å². The second kappa shape index (κ2) is 6.86. The van der Waals surface area contributed by atoms with Crippen LogP contribution in [0.3, 0.4) is 0 Å². The van der Waals surface area contributed by atoms with Gasteiger partial charge in [0.2, 0.25) is 5.91 Å². The summed E-state index contributed by atoms with van der Waals surface area (Å²) in [5.74, 6) is -0.871. The van der Waals surface area contributed by atoms with Gasteiger partial charge >= 0.3 is 0 Å². The van der Waals surface area contributed by atoms with Crippen molar-refractivity contribution >= 4 is 34.6 Å². The summed E-state index contributed by atoms with van der Waals surface area (Å²) in [7, 11) is 1.39. The predicted molar refractivity (Wildman–Crippen MR) is 87.8 cm³/mol. The molecule has 4 N–H and O–H groups in total. The number of hydrogen-bond donors (Lipinski definition) is 3. The molecule has 5 nitrogen and oxygen atoms in total. The van der Waals surface area contributed by atoms with E-state index in [0.717, 1.165) is 0 Å².